The van der Waals surface area contributed by atoms with Crippen LogP contribution < -0.4 is 15.6 Å². The molecule has 0 spiro atoms. The van der Waals surface area contributed by atoms with Crippen molar-refractivity contribution in [2.75, 3.05) is 15.8 Å². The van der Waals surface area contributed by atoms with Crippen molar-refractivity contribution in [3.63, 3.8) is 0 Å². The van der Waals surface area contributed by atoms with Gasteiger partial charge in [0.15, 0.2) is 0 Å². The Balaban J connectivity index is 1.80. The number of rotatable bonds is 7. The van der Waals surface area contributed by atoms with Crippen LogP contribution in [0.3, 0.4) is 0 Å². The van der Waals surface area contributed by atoms with Crippen molar-refractivity contribution in [3.05, 3.63) is 63.1 Å². The Bertz CT molecular complexity index is 1270. The van der Waals surface area contributed by atoms with Crippen LogP contribution in [0.2, 0.25) is 0 Å². The lowest BCUT2D eigenvalue weighted by Crippen LogP contribution is -2.28. The molecular formula is C20H21BrN4O4S. The summed E-state index contributed by atoms with van der Waals surface area (Å²) in [5.74, 6) is -0.415. The number of carbonyl (C=O) groups excluding carboxylic acids is 1. The van der Waals surface area contributed by atoms with Crippen LogP contribution in [0.4, 0.5) is 11.4 Å². The van der Waals surface area contributed by atoms with Crippen molar-refractivity contribution in [2.45, 2.75) is 26.8 Å². The maximum absolute atomic E-state index is 12.7. The van der Waals surface area contributed by atoms with E-state index in [0.29, 0.717) is 34.3 Å². The molecule has 0 atom stereocenters. The van der Waals surface area contributed by atoms with E-state index in [9.17, 15) is 18.0 Å². The highest BCUT2D eigenvalue weighted by Gasteiger charge is 2.14. The SMILES string of the molecule is CCCS(=O)(=O)Nc1cccc(NC(=O)Cn2cnc3ccc(Br)cc3c2=O)c1C. The highest BCUT2D eigenvalue weighted by molar-refractivity contribution is 9.10. The minimum Gasteiger partial charge on any atom is -0.324 e. The number of carbonyl (C=O) groups is 1. The second kappa shape index (κ2) is 8.97. The molecule has 0 aliphatic rings. The Morgan fingerprint density at radius 2 is 1.93 bits per heavy atom. The van der Waals surface area contributed by atoms with Gasteiger partial charge in [0.05, 0.1) is 28.7 Å². The summed E-state index contributed by atoms with van der Waals surface area (Å²) >= 11 is 3.33. The van der Waals surface area contributed by atoms with Crippen LogP contribution in [0.5, 0.6) is 0 Å². The Morgan fingerprint density at radius 3 is 2.67 bits per heavy atom. The fourth-order valence-corrected chi connectivity index (χ4v) is 4.51. The van der Waals surface area contributed by atoms with Crippen LogP contribution in [0.25, 0.3) is 10.9 Å². The van der Waals surface area contributed by atoms with Gasteiger partial charge in [-0.2, -0.15) is 0 Å². The van der Waals surface area contributed by atoms with E-state index >= 15 is 0 Å². The van der Waals surface area contributed by atoms with Crippen molar-refractivity contribution in [3.8, 4) is 0 Å². The lowest BCUT2D eigenvalue weighted by Gasteiger charge is -2.14. The Hall–Kier alpha value is -2.72. The van der Waals surface area contributed by atoms with Crippen molar-refractivity contribution in [2.24, 2.45) is 0 Å². The van der Waals surface area contributed by atoms with Gasteiger partial charge in [0, 0.05) is 10.2 Å². The van der Waals surface area contributed by atoms with Gasteiger partial charge in [0.25, 0.3) is 5.56 Å². The number of amides is 1. The highest BCUT2D eigenvalue weighted by Crippen LogP contribution is 2.24. The van der Waals surface area contributed by atoms with Crippen LogP contribution in [-0.4, -0.2) is 29.6 Å². The Labute approximate surface area is 182 Å². The van der Waals surface area contributed by atoms with Crippen LogP contribution in [0.15, 0.2) is 52.0 Å². The topological polar surface area (TPSA) is 110 Å². The van der Waals surface area contributed by atoms with E-state index in [-0.39, 0.29) is 17.9 Å². The summed E-state index contributed by atoms with van der Waals surface area (Å²) in [6.45, 7) is 3.27. The summed E-state index contributed by atoms with van der Waals surface area (Å²) in [6.07, 6.45) is 1.83. The molecule has 1 amide bonds. The second-order valence-corrected chi connectivity index (χ2v) is 9.54. The maximum atomic E-state index is 12.7. The maximum Gasteiger partial charge on any atom is 0.261 e. The van der Waals surface area contributed by atoms with Crippen LogP contribution in [0, 0.1) is 6.92 Å². The molecule has 30 heavy (non-hydrogen) atoms. The first-order valence-corrected chi connectivity index (χ1v) is 11.7. The van der Waals surface area contributed by atoms with Crippen LogP contribution in [0.1, 0.15) is 18.9 Å². The normalized spacial score (nSPS) is 11.4. The second-order valence-electron chi connectivity index (χ2n) is 6.79. The summed E-state index contributed by atoms with van der Waals surface area (Å²) in [5.41, 5.74) is 1.66. The van der Waals surface area contributed by atoms with Crippen molar-refractivity contribution in [1.29, 1.82) is 0 Å². The fraction of sp³-hybridized carbons (Fsp3) is 0.250. The average molecular weight is 493 g/mol. The number of nitrogens with zero attached hydrogens (tertiary/aromatic N) is 2. The molecule has 0 aliphatic heterocycles. The largest absolute Gasteiger partial charge is 0.324 e. The van der Waals surface area contributed by atoms with E-state index in [0.717, 1.165) is 4.47 Å². The number of aromatic nitrogens is 2. The molecule has 0 radical (unpaired) electrons. The van der Waals surface area contributed by atoms with E-state index < -0.39 is 15.9 Å². The summed E-state index contributed by atoms with van der Waals surface area (Å²) < 4.78 is 28.6. The molecule has 8 nitrogen and oxygen atoms in total. The first-order chi connectivity index (χ1) is 14.2. The molecular weight excluding hydrogens is 472 g/mol. The molecule has 158 valence electrons. The molecule has 0 bridgehead atoms. The lowest BCUT2D eigenvalue weighted by molar-refractivity contribution is -0.116. The van der Waals surface area contributed by atoms with Gasteiger partial charge >= 0.3 is 0 Å². The molecule has 0 saturated carbocycles. The summed E-state index contributed by atoms with van der Waals surface area (Å²) in [7, 11) is -3.45. The van der Waals surface area contributed by atoms with Crippen LogP contribution in [-0.2, 0) is 21.4 Å². The molecule has 2 aromatic carbocycles. The standard InChI is InChI=1S/C20H21BrN4O4S/c1-3-9-30(28,29)24-17-6-4-5-16(13(17)2)23-19(26)11-25-12-22-18-8-7-14(21)10-15(18)20(25)27/h4-8,10,12,24H,3,9,11H2,1-2H3,(H,23,26). The quantitative estimate of drug-likeness (QED) is 0.525. The van der Waals surface area contributed by atoms with E-state index in [1.807, 2.05) is 0 Å². The Morgan fingerprint density at radius 1 is 1.20 bits per heavy atom. The van der Waals surface area contributed by atoms with E-state index in [2.05, 4.69) is 31.0 Å². The zero-order chi connectivity index (χ0) is 21.9. The van der Waals surface area contributed by atoms with Crippen molar-refractivity contribution >= 4 is 54.1 Å². The molecule has 10 heteroatoms. The minimum atomic E-state index is -3.45. The number of sulfonamides is 1. The van der Waals surface area contributed by atoms with Crippen molar-refractivity contribution < 1.29 is 13.2 Å². The first kappa shape index (κ1) is 22.0. The van der Waals surface area contributed by atoms with E-state index in [1.54, 1.807) is 50.2 Å². The zero-order valence-corrected chi connectivity index (χ0v) is 18.9. The zero-order valence-electron chi connectivity index (χ0n) is 16.5. The van der Waals surface area contributed by atoms with Gasteiger partial charge in [0.1, 0.15) is 6.54 Å². The van der Waals surface area contributed by atoms with Gasteiger partial charge in [-0.15, -0.1) is 0 Å². The predicted octanol–water partition coefficient (Wildman–Crippen LogP) is 3.26. The molecule has 0 fully saturated rings. The van der Waals surface area contributed by atoms with Gasteiger partial charge < -0.3 is 5.32 Å². The molecule has 2 N–H and O–H groups in total. The summed E-state index contributed by atoms with van der Waals surface area (Å²) in [4.78, 5) is 29.4. The minimum absolute atomic E-state index is 0.0109. The molecule has 0 unspecified atom stereocenters. The third-order valence-corrected chi connectivity index (χ3v) is 6.42. The van der Waals surface area contributed by atoms with Crippen LogP contribution >= 0.6 is 15.9 Å². The van der Waals surface area contributed by atoms with Crippen molar-refractivity contribution in [1.82, 2.24) is 9.55 Å². The number of anilines is 2. The number of nitrogens with one attached hydrogen (secondary N) is 2. The summed E-state index contributed by atoms with van der Waals surface area (Å²) in [6, 6.07) is 10.1. The molecule has 3 rings (SSSR count). The number of hydrogen-bond donors (Lipinski definition) is 2. The number of hydrogen-bond acceptors (Lipinski definition) is 5. The average Bonchev–Trinajstić information content (AvgIpc) is 2.67. The molecule has 0 aliphatic carbocycles. The van der Waals surface area contributed by atoms with Gasteiger partial charge in [-0.1, -0.05) is 28.9 Å². The predicted molar refractivity (Wildman–Crippen MR) is 121 cm³/mol. The monoisotopic (exact) mass is 492 g/mol. The third kappa shape index (κ3) is 5.06. The molecule has 0 saturated heterocycles. The van der Waals surface area contributed by atoms with Gasteiger partial charge in [-0.25, -0.2) is 13.4 Å². The first-order valence-electron chi connectivity index (χ1n) is 9.25. The fourth-order valence-electron chi connectivity index (χ4n) is 2.96. The molecule has 3 aromatic rings. The van der Waals surface area contributed by atoms with Gasteiger partial charge in [-0.05, 0) is 49.2 Å². The highest BCUT2D eigenvalue weighted by atomic mass is 79.9. The molecule has 1 heterocycles. The lowest BCUT2D eigenvalue weighted by atomic mass is 10.1. The van der Waals surface area contributed by atoms with Gasteiger partial charge in [-0.3, -0.25) is 18.9 Å². The summed E-state index contributed by atoms with van der Waals surface area (Å²) in [5, 5.41) is 3.14. The number of fused-ring (bicyclic) bond motifs is 1. The molecule has 1 aromatic heterocycles. The third-order valence-electron chi connectivity index (χ3n) is 4.45. The van der Waals surface area contributed by atoms with E-state index in [1.165, 1.54) is 10.9 Å². The Kier molecular flexibility index (Phi) is 6.57. The number of halogens is 1. The number of benzene rings is 2. The van der Waals surface area contributed by atoms with E-state index in [4.69, 9.17) is 0 Å². The van der Waals surface area contributed by atoms with Gasteiger partial charge in [0.2, 0.25) is 15.9 Å². The smallest absolute Gasteiger partial charge is 0.261 e.